The van der Waals surface area contributed by atoms with E-state index >= 15 is 0 Å². The van der Waals surface area contributed by atoms with Crippen LogP contribution in [0.2, 0.25) is 0 Å². The maximum absolute atomic E-state index is 11.9. The molecule has 1 aliphatic rings. The number of hydrogen-bond donors (Lipinski definition) is 3. The Labute approximate surface area is 131 Å². The Hall–Kier alpha value is -1.60. The molecule has 2 rings (SSSR count). The lowest BCUT2D eigenvalue weighted by Crippen LogP contribution is -2.52. The molecule has 1 saturated heterocycles. The van der Waals surface area contributed by atoms with Gasteiger partial charge in [0.2, 0.25) is 0 Å². The SMILES string of the molecule is CC1(C(=O)O)COCC1NC(=O)NCc1cccc(Br)c1. The Kier molecular flexibility index (Phi) is 4.84. The van der Waals surface area contributed by atoms with Gasteiger partial charge in [-0.2, -0.15) is 0 Å². The summed E-state index contributed by atoms with van der Waals surface area (Å²) in [5.74, 6) is -0.975. The van der Waals surface area contributed by atoms with Crippen LogP contribution in [0.1, 0.15) is 12.5 Å². The molecule has 6 nitrogen and oxygen atoms in total. The highest BCUT2D eigenvalue weighted by molar-refractivity contribution is 9.10. The first-order valence-corrected chi connectivity index (χ1v) is 7.31. The molecule has 3 N–H and O–H groups in total. The first-order chi connectivity index (χ1) is 9.91. The van der Waals surface area contributed by atoms with Gasteiger partial charge in [0.1, 0.15) is 5.41 Å². The third-order valence-electron chi connectivity index (χ3n) is 3.59. The number of carbonyl (C=O) groups is 2. The largest absolute Gasteiger partial charge is 0.481 e. The summed E-state index contributed by atoms with van der Waals surface area (Å²) in [6.45, 7) is 2.23. The predicted molar refractivity (Wildman–Crippen MR) is 79.9 cm³/mol. The van der Waals surface area contributed by atoms with Gasteiger partial charge < -0.3 is 20.5 Å². The fourth-order valence-electron chi connectivity index (χ4n) is 2.12. The number of benzene rings is 1. The van der Waals surface area contributed by atoms with Gasteiger partial charge in [-0.3, -0.25) is 4.79 Å². The molecular formula is C14H17BrN2O4. The van der Waals surface area contributed by atoms with Gasteiger partial charge >= 0.3 is 12.0 Å². The van der Waals surface area contributed by atoms with Gasteiger partial charge in [0.25, 0.3) is 0 Å². The smallest absolute Gasteiger partial charge is 0.315 e. The molecule has 2 atom stereocenters. The van der Waals surface area contributed by atoms with E-state index in [1.165, 1.54) is 0 Å². The number of nitrogens with one attached hydrogen (secondary N) is 2. The van der Waals surface area contributed by atoms with Gasteiger partial charge in [0, 0.05) is 11.0 Å². The summed E-state index contributed by atoms with van der Waals surface area (Å²) in [7, 11) is 0. The summed E-state index contributed by atoms with van der Waals surface area (Å²) in [5.41, 5.74) is -0.143. The number of hydrogen-bond acceptors (Lipinski definition) is 3. The van der Waals surface area contributed by atoms with Crippen molar-refractivity contribution in [1.82, 2.24) is 10.6 Å². The van der Waals surface area contributed by atoms with Crippen LogP contribution in [0.4, 0.5) is 4.79 Å². The van der Waals surface area contributed by atoms with E-state index in [2.05, 4.69) is 26.6 Å². The molecule has 1 fully saturated rings. The zero-order valence-electron chi connectivity index (χ0n) is 11.6. The number of aliphatic carboxylic acids is 1. The molecule has 21 heavy (non-hydrogen) atoms. The molecule has 2 amide bonds. The summed E-state index contributed by atoms with van der Waals surface area (Å²) in [4.78, 5) is 23.2. The van der Waals surface area contributed by atoms with Crippen molar-refractivity contribution in [2.24, 2.45) is 5.41 Å². The number of carboxylic acid groups (broad SMARTS) is 1. The number of halogens is 1. The van der Waals surface area contributed by atoms with E-state index in [1.807, 2.05) is 24.3 Å². The van der Waals surface area contributed by atoms with Gasteiger partial charge in [0.05, 0.1) is 19.3 Å². The Morgan fingerprint density at radius 1 is 1.52 bits per heavy atom. The van der Waals surface area contributed by atoms with E-state index in [0.717, 1.165) is 10.0 Å². The number of urea groups is 1. The topological polar surface area (TPSA) is 87.7 Å². The Balaban J connectivity index is 1.89. The van der Waals surface area contributed by atoms with Gasteiger partial charge in [-0.15, -0.1) is 0 Å². The third kappa shape index (κ3) is 3.74. The summed E-state index contributed by atoms with van der Waals surface area (Å²) in [6, 6.07) is 6.63. The van der Waals surface area contributed by atoms with Crippen LogP contribution in [0.5, 0.6) is 0 Å². The Morgan fingerprint density at radius 2 is 2.29 bits per heavy atom. The molecule has 0 saturated carbocycles. The van der Waals surface area contributed by atoms with Crippen molar-refractivity contribution >= 4 is 27.9 Å². The average molecular weight is 357 g/mol. The average Bonchev–Trinajstić information content (AvgIpc) is 2.79. The Bertz CT molecular complexity index is 552. The number of carbonyl (C=O) groups excluding carboxylic acids is 1. The first kappa shape index (κ1) is 15.8. The lowest BCUT2D eigenvalue weighted by atomic mass is 9.85. The van der Waals surface area contributed by atoms with E-state index in [1.54, 1.807) is 6.92 Å². The van der Waals surface area contributed by atoms with Gasteiger partial charge in [-0.05, 0) is 24.6 Å². The van der Waals surface area contributed by atoms with Crippen molar-refractivity contribution in [3.63, 3.8) is 0 Å². The van der Waals surface area contributed by atoms with Crippen LogP contribution in [-0.4, -0.2) is 36.4 Å². The van der Waals surface area contributed by atoms with Crippen LogP contribution in [0.25, 0.3) is 0 Å². The van der Waals surface area contributed by atoms with Gasteiger partial charge in [-0.1, -0.05) is 28.1 Å². The van der Waals surface area contributed by atoms with Crippen molar-refractivity contribution in [3.8, 4) is 0 Å². The first-order valence-electron chi connectivity index (χ1n) is 6.52. The minimum atomic E-state index is -1.09. The van der Waals surface area contributed by atoms with E-state index < -0.39 is 23.5 Å². The quantitative estimate of drug-likeness (QED) is 0.766. The highest BCUT2D eigenvalue weighted by Crippen LogP contribution is 2.28. The second-order valence-corrected chi connectivity index (χ2v) is 6.16. The van der Waals surface area contributed by atoms with Crippen LogP contribution in [0, 0.1) is 5.41 Å². The summed E-state index contributed by atoms with van der Waals surface area (Å²) in [5, 5.41) is 14.6. The molecule has 114 valence electrons. The van der Waals surface area contributed by atoms with Crippen LogP contribution < -0.4 is 10.6 Å². The monoisotopic (exact) mass is 356 g/mol. The molecule has 0 bridgehead atoms. The summed E-state index contributed by atoms with van der Waals surface area (Å²) < 4.78 is 6.12. The van der Waals surface area contributed by atoms with Crippen LogP contribution in [0.15, 0.2) is 28.7 Å². The molecule has 1 aliphatic heterocycles. The van der Waals surface area contributed by atoms with Crippen LogP contribution in [0.3, 0.4) is 0 Å². The van der Waals surface area contributed by atoms with Crippen molar-refractivity contribution in [2.45, 2.75) is 19.5 Å². The van der Waals surface area contributed by atoms with E-state index in [9.17, 15) is 14.7 Å². The highest BCUT2D eigenvalue weighted by Gasteiger charge is 2.47. The maximum Gasteiger partial charge on any atom is 0.315 e. The summed E-state index contributed by atoms with van der Waals surface area (Å²) in [6.07, 6.45) is 0. The molecule has 0 spiro atoms. The molecule has 1 heterocycles. The molecule has 1 aromatic rings. The standard InChI is InChI=1S/C14H17BrN2O4/c1-14(12(18)19)8-21-7-11(14)17-13(20)16-6-9-3-2-4-10(15)5-9/h2-5,11H,6-8H2,1H3,(H,18,19)(H2,16,17,20). The predicted octanol–water partition coefficient (Wildman–Crippen LogP) is 1.74. The highest BCUT2D eigenvalue weighted by atomic mass is 79.9. The van der Waals surface area contributed by atoms with E-state index in [0.29, 0.717) is 6.54 Å². The molecule has 7 heteroatoms. The molecule has 0 aliphatic carbocycles. The van der Waals surface area contributed by atoms with Crippen molar-refractivity contribution < 1.29 is 19.4 Å². The lowest BCUT2D eigenvalue weighted by Gasteiger charge is -2.25. The van der Waals surface area contributed by atoms with Crippen molar-refractivity contribution in [2.75, 3.05) is 13.2 Å². The van der Waals surface area contributed by atoms with Crippen molar-refractivity contribution in [1.29, 1.82) is 0 Å². The fourth-order valence-corrected chi connectivity index (χ4v) is 2.57. The summed E-state index contributed by atoms with van der Waals surface area (Å²) >= 11 is 3.36. The minimum absolute atomic E-state index is 0.0961. The van der Waals surface area contributed by atoms with Crippen LogP contribution in [-0.2, 0) is 16.1 Å². The molecule has 0 aromatic heterocycles. The number of ether oxygens (including phenoxy) is 1. The van der Waals surface area contributed by atoms with Crippen molar-refractivity contribution in [3.05, 3.63) is 34.3 Å². The number of amides is 2. The normalized spacial score (nSPS) is 24.6. The second-order valence-electron chi connectivity index (χ2n) is 5.25. The fraction of sp³-hybridized carbons (Fsp3) is 0.429. The van der Waals surface area contributed by atoms with E-state index in [-0.39, 0.29) is 13.2 Å². The van der Waals surface area contributed by atoms with Crippen LogP contribution >= 0.6 is 15.9 Å². The molecule has 0 radical (unpaired) electrons. The van der Waals surface area contributed by atoms with Gasteiger partial charge in [0.15, 0.2) is 0 Å². The molecule has 1 aromatic carbocycles. The van der Waals surface area contributed by atoms with Gasteiger partial charge in [-0.25, -0.2) is 4.79 Å². The minimum Gasteiger partial charge on any atom is -0.481 e. The number of carboxylic acids is 1. The zero-order valence-corrected chi connectivity index (χ0v) is 13.1. The zero-order chi connectivity index (χ0) is 15.5. The maximum atomic E-state index is 11.9. The number of rotatable bonds is 4. The lowest BCUT2D eigenvalue weighted by molar-refractivity contribution is -0.148. The third-order valence-corrected chi connectivity index (χ3v) is 4.08. The Morgan fingerprint density at radius 3 is 2.95 bits per heavy atom. The second kappa shape index (κ2) is 6.44. The molecule has 2 unspecified atom stereocenters. The molecular weight excluding hydrogens is 340 g/mol. The van der Waals surface area contributed by atoms with E-state index in [4.69, 9.17) is 4.74 Å².